The number of hydrogen-bond acceptors (Lipinski definition) is 3. The molecule has 0 aliphatic heterocycles. The van der Waals surface area contributed by atoms with Crippen molar-refractivity contribution in [2.24, 2.45) is 0 Å². The average molecular weight is 377 g/mol. The molecule has 0 unspecified atom stereocenters. The fraction of sp³-hybridized carbons (Fsp3) is 0.0400. The van der Waals surface area contributed by atoms with E-state index in [-0.39, 0.29) is 0 Å². The molecule has 0 atom stereocenters. The highest BCUT2D eigenvalue weighted by atomic mass is 16.4. The number of rotatable bonds is 4. The number of fused-ring (bicyclic) bond motifs is 3. The molecule has 0 bridgehead atoms. The van der Waals surface area contributed by atoms with Gasteiger partial charge in [-0.15, -0.1) is 0 Å². The van der Waals surface area contributed by atoms with Gasteiger partial charge in [0.15, 0.2) is 0 Å². The first-order chi connectivity index (χ1) is 14.2. The summed E-state index contributed by atoms with van der Waals surface area (Å²) < 4.78 is 0. The molecule has 1 aliphatic carbocycles. The molecule has 0 heterocycles. The number of hydrogen-bond donors (Lipinski definition) is 2. The Morgan fingerprint density at radius 1 is 0.655 bits per heavy atom. The zero-order chi connectivity index (χ0) is 19.8. The third-order valence-corrected chi connectivity index (χ3v) is 5.53. The zero-order valence-corrected chi connectivity index (χ0v) is 15.9. The topological polar surface area (TPSA) is 43.7 Å². The molecule has 0 radical (unpaired) electrons. The standard InChI is InChI=1S/C25H20BNO2/c28-26(29)23-15-16-24(25-21-14-8-7-9-18(21)17-22(23)25)27(19-10-3-1-4-11-19)20-12-5-2-6-13-20/h1-16,28-29H,17H2. The van der Waals surface area contributed by atoms with Gasteiger partial charge in [-0.3, -0.25) is 0 Å². The van der Waals surface area contributed by atoms with Crippen LogP contribution in [0.4, 0.5) is 17.1 Å². The Balaban J connectivity index is 1.80. The van der Waals surface area contributed by atoms with Crippen LogP contribution in [0.25, 0.3) is 11.1 Å². The maximum Gasteiger partial charge on any atom is 0.488 e. The number of anilines is 3. The molecule has 2 N–H and O–H groups in total. The van der Waals surface area contributed by atoms with Gasteiger partial charge in [0.25, 0.3) is 0 Å². The third kappa shape index (κ3) is 3.03. The summed E-state index contributed by atoms with van der Waals surface area (Å²) in [4.78, 5) is 2.23. The van der Waals surface area contributed by atoms with Crippen molar-refractivity contribution < 1.29 is 10.0 Å². The molecule has 0 spiro atoms. The Labute approximate surface area is 170 Å². The van der Waals surface area contributed by atoms with Crippen molar-refractivity contribution in [2.45, 2.75) is 6.42 Å². The summed E-state index contributed by atoms with van der Waals surface area (Å²) in [5.74, 6) is 0. The summed E-state index contributed by atoms with van der Waals surface area (Å²) in [5.41, 5.74) is 8.13. The van der Waals surface area contributed by atoms with Gasteiger partial charge in [0.05, 0.1) is 5.69 Å². The van der Waals surface area contributed by atoms with Gasteiger partial charge in [0.2, 0.25) is 0 Å². The van der Waals surface area contributed by atoms with Crippen molar-refractivity contribution in [2.75, 3.05) is 4.90 Å². The van der Waals surface area contributed by atoms with E-state index in [1.165, 1.54) is 5.56 Å². The molecule has 3 nitrogen and oxygen atoms in total. The largest absolute Gasteiger partial charge is 0.488 e. The monoisotopic (exact) mass is 377 g/mol. The minimum atomic E-state index is -1.49. The van der Waals surface area contributed by atoms with E-state index in [0.29, 0.717) is 11.9 Å². The van der Waals surface area contributed by atoms with Crippen LogP contribution in [0.5, 0.6) is 0 Å². The lowest BCUT2D eigenvalue weighted by atomic mass is 9.75. The quantitative estimate of drug-likeness (QED) is 0.456. The van der Waals surface area contributed by atoms with Crippen molar-refractivity contribution in [1.29, 1.82) is 0 Å². The Kier molecular flexibility index (Phi) is 4.43. The van der Waals surface area contributed by atoms with Gasteiger partial charge in [-0.1, -0.05) is 66.7 Å². The van der Waals surface area contributed by atoms with Gasteiger partial charge < -0.3 is 14.9 Å². The lowest BCUT2D eigenvalue weighted by Crippen LogP contribution is -2.33. The van der Waals surface area contributed by atoms with E-state index < -0.39 is 7.12 Å². The fourth-order valence-corrected chi connectivity index (χ4v) is 4.26. The molecule has 0 saturated heterocycles. The zero-order valence-electron chi connectivity index (χ0n) is 15.9. The van der Waals surface area contributed by atoms with Crippen molar-refractivity contribution in [1.82, 2.24) is 0 Å². The van der Waals surface area contributed by atoms with Crippen LogP contribution >= 0.6 is 0 Å². The molecule has 4 aromatic rings. The molecule has 0 fully saturated rings. The van der Waals surface area contributed by atoms with Gasteiger partial charge in [-0.2, -0.15) is 0 Å². The van der Waals surface area contributed by atoms with E-state index in [2.05, 4.69) is 41.3 Å². The minimum absolute atomic E-state index is 0.570. The second-order valence-electron chi connectivity index (χ2n) is 7.24. The molecule has 1 aliphatic rings. The molecule has 4 heteroatoms. The summed E-state index contributed by atoms with van der Waals surface area (Å²) in [6.45, 7) is 0. The third-order valence-electron chi connectivity index (χ3n) is 5.53. The van der Waals surface area contributed by atoms with Gasteiger partial charge >= 0.3 is 7.12 Å². The molecular formula is C25H20BNO2. The lowest BCUT2D eigenvalue weighted by Gasteiger charge is -2.28. The summed E-state index contributed by atoms with van der Waals surface area (Å²) in [6, 6.07) is 32.7. The van der Waals surface area contributed by atoms with Crippen molar-refractivity contribution in [3.8, 4) is 11.1 Å². The predicted octanol–water partition coefficient (Wildman–Crippen LogP) is 4.41. The molecular weight excluding hydrogens is 357 g/mol. The lowest BCUT2D eigenvalue weighted by molar-refractivity contribution is 0.425. The first-order valence-electron chi connectivity index (χ1n) is 9.74. The highest BCUT2D eigenvalue weighted by Crippen LogP contribution is 2.46. The highest BCUT2D eigenvalue weighted by molar-refractivity contribution is 6.59. The number of nitrogens with zero attached hydrogens (tertiary/aromatic N) is 1. The van der Waals surface area contributed by atoms with E-state index in [1.807, 2.05) is 60.7 Å². The van der Waals surface area contributed by atoms with Crippen LogP contribution in [0.15, 0.2) is 97.1 Å². The molecule has 0 aromatic heterocycles. The Morgan fingerprint density at radius 2 is 1.24 bits per heavy atom. The van der Waals surface area contributed by atoms with Gasteiger partial charge in [-0.05, 0) is 58.9 Å². The number of benzene rings is 4. The maximum atomic E-state index is 9.97. The molecule has 0 amide bonds. The van der Waals surface area contributed by atoms with E-state index >= 15 is 0 Å². The van der Waals surface area contributed by atoms with Crippen molar-refractivity contribution >= 4 is 29.6 Å². The van der Waals surface area contributed by atoms with Gasteiger partial charge in [0.1, 0.15) is 0 Å². The Hall–Kier alpha value is -3.34. The molecule has 4 aromatic carbocycles. The van der Waals surface area contributed by atoms with Crippen LogP contribution in [0.1, 0.15) is 11.1 Å². The Bertz CT molecular complexity index is 1120. The predicted molar refractivity (Wildman–Crippen MR) is 119 cm³/mol. The van der Waals surface area contributed by atoms with Gasteiger partial charge in [0, 0.05) is 16.9 Å². The second-order valence-corrected chi connectivity index (χ2v) is 7.24. The van der Waals surface area contributed by atoms with Crippen molar-refractivity contribution in [3.05, 3.63) is 108 Å². The second kappa shape index (κ2) is 7.24. The van der Waals surface area contributed by atoms with E-state index in [9.17, 15) is 10.0 Å². The summed E-state index contributed by atoms with van der Waals surface area (Å²) in [5, 5.41) is 19.9. The normalized spacial score (nSPS) is 11.7. The van der Waals surface area contributed by atoms with Crippen molar-refractivity contribution in [3.63, 3.8) is 0 Å². The average Bonchev–Trinajstić information content (AvgIpc) is 3.15. The summed E-state index contributed by atoms with van der Waals surface area (Å²) >= 11 is 0. The van der Waals surface area contributed by atoms with E-state index in [0.717, 1.165) is 33.8 Å². The Morgan fingerprint density at radius 3 is 1.86 bits per heavy atom. The summed E-state index contributed by atoms with van der Waals surface area (Å²) in [6.07, 6.45) is 0.698. The van der Waals surface area contributed by atoms with Crippen LogP contribution in [-0.2, 0) is 6.42 Å². The molecule has 29 heavy (non-hydrogen) atoms. The molecule has 140 valence electrons. The highest BCUT2D eigenvalue weighted by Gasteiger charge is 2.30. The fourth-order valence-electron chi connectivity index (χ4n) is 4.26. The molecule has 0 saturated carbocycles. The number of para-hydroxylation sites is 2. The minimum Gasteiger partial charge on any atom is -0.423 e. The van der Waals surface area contributed by atoms with Crippen LogP contribution < -0.4 is 10.4 Å². The smallest absolute Gasteiger partial charge is 0.423 e. The SMILES string of the molecule is OB(O)c1ccc(N(c2ccccc2)c2ccccc2)c2c1Cc1ccccc1-2. The maximum absolute atomic E-state index is 9.97. The van der Waals surface area contributed by atoms with Crippen LogP contribution in [0.3, 0.4) is 0 Å². The van der Waals surface area contributed by atoms with E-state index in [4.69, 9.17) is 0 Å². The molecule has 5 rings (SSSR count). The van der Waals surface area contributed by atoms with Crippen LogP contribution in [0.2, 0.25) is 0 Å². The first kappa shape index (κ1) is 17.7. The first-order valence-corrected chi connectivity index (χ1v) is 9.74. The van der Waals surface area contributed by atoms with Crippen LogP contribution in [0, 0.1) is 0 Å². The van der Waals surface area contributed by atoms with Gasteiger partial charge in [-0.25, -0.2) is 0 Å². The summed E-state index contributed by atoms with van der Waals surface area (Å²) in [7, 11) is -1.49. The van der Waals surface area contributed by atoms with E-state index in [1.54, 1.807) is 0 Å². The van der Waals surface area contributed by atoms with Crippen LogP contribution in [-0.4, -0.2) is 17.2 Å².